The van der Waals surface area contributed by atoms with E-state index in [1.165, 1.54) is 0 Å². The molecule has 1 N–H and O–H groups in total. The largest absolute Gasteiger partial charge is 0.451 e. The third-order valence-electron chi connectivity index (χ3n) is 4.36. The normalized spacial score (nSPS) is 14.6. The maximum atomic E-state index is 12.3. The molecule has 3 rings (SSSR count). The van der Waals surface area contributed by atoms with Crippen LogP contribution in [0.25, 0.3) is 0 Å². The lowest BCUT2D eigenvalue weighted by molar-refractivity contribution is -0.137. The van der Waals surface area contributed by atoms with Gasteiger partial charge in [0.05, 0.1) is 4.34 Å². The zero-order valence-corrected chi connectivity index (χ0v) is 16.1. The zero-order valence-electron chi connectivity index (χ0n) is 14.5. The van der Waals surface area contributed by atoms with Gasteiger partial charge in [-0.05, 0) is 37.1 Å². The van der Waals surface area contributed by atoms with E-state index >= 15 is 0 Å². The van der Waals surface area contributed by atoms with Gasteiger partial charge in [-0.1, -0.05) is 29.8 Å². The van der Waals surface area contributed by atoms with Crippen LogP contribution in [-0.2, 0) is 14.3 Å². The Labute approximate surface area is 166 Å². The Morgan fingerprint density at radius 1 is 1.11 bits per heavy atom. The standard InChI is InChI=1S/C19H19ClN2O4S/c20-16-7-6-15(27-16)19(25)26-12-17(23)22-10-8-13(9-11-22)18(24)21-14-4-2-1-3-5-14/h1-7,13H,8-12H2,(H,21,24). The number of amides is 2. The minimum Gasteiger partial charge on any atom is -0.451 e. The van der Waals surface area contributed by atoms with Crippen molar-refractivity contribution in [2.45, 2.75) is 12.8 Å². The van der Waals surface area contributed by atoms with E-state index in [1.807, 2.05) is 30.3 Å². The quantitative estimate of drug-likeness (QED) is 0.772. The number of carbonyl (C=O) groups excluding carboxylic acids is 3. The predicted octanol–water partition coefficient (Wildman–Crippen LogP) is 3.44. The number of rotatable bonds is 5. The zero-order chi connectivity index (χ0) is 19.2. The van der Waals surface area contributed by atoms with E-state index in [0.29, 0.717) is 35.1 Å². The predicted molar refractivity (Wildman–Crippen MR) is 104 cm³/mol. The van der Waals surface area contributed by atoms with Crippen molar-refractivity contribution in [3.63, 3.8) is 0 Å². The van der Waals surface area contributed by atoms with Crippen molar-refractivity contribution in [1.82, 2.24) is 4.90 Å². The molecule has 0 spiro atoms. The molecule has 27 heavy (non-hydrogen) atoms. The Kier molecular flexibility index (Phi) is 6.47. The van der Waals surface area contributed by atoms with Crippen LogP contribution in [0.2, 0.25) is 4.34 Å². The van der Waals surface area contributed by atoms with Crippen molar-refractivity contribution in [2.75, 3.05) is 25.0 Å². The monoisotopic (exact) mass is 406 g/mol. The van der Waals surface area contributed by atoms with Crippen molar-refractivity contribution >= 4 is 46.4 Å². The molecule has 1 fully saturated rings. The molecule has 2 aromatic rings. The summed E-state index contributed by atoms with van der Waals surface area (Å²) < 4.78 is 5.54. The van der Waals surface area contributed by atoms with E-state index in [2.05, 4.69) is 5.32 Å². The van der Waals surface area contributed by atoms with Crippen LogP contribution in [0.1, 0.15) is 22.5 Å². The van der Waals surface area contributed by atoms with Gasteiger partial charge >= 0.3 is 5.97 Å². The van der Waals surface area contributed by atoms with Gasteiger partial charge < -0.3 is 15.0 Å². The number of hydrogen-bond donors (Lipinski definition) is 1. The van der Waals surface area contributed by atoms with E-state index in [-0.39, 0.29) is 24.3 Å². The van der Waals surface area contributed by atoms with Crippen LogP contribution in [-0.4, -0.2) is 42.4 Å². The molecule has 0 aliphatic carbocycles. The lowest BCUT2D eigenvalue weighted by Gasteiger charge is -2.31. The fourth-order valence-electron chi connectivity index (χ4n) is 2.87. The number of anilines is 1. The molecule has 0 bridgehead atoms. The molecule has 0 saturated carbocycles. The van der Waals surface area contributed by atoms with Gasteiger partial charge in [0.1, 0.15) is 4.88 Å². The van der Waals surface area contributed by atoms with Crippen molar-refractivity contribution in [2.24, 2.45) is 5.92 Å². The third kappa shape index (κ3) is 5.30. The molecule has 0 atom stereocenters. The van der Waals surface area contributed by atoms with Gasteiger partial charge in [-0.25, -0.2) is 4.79 Å². The highest BCUT2D eigenvalue weighted by Gasteiger charge is 2.28. The molecule has 1 aliphatic rings. The van der Waals surface area contributed by atoms with E-state index < -0.39 is 5.97 Å². The smallest absolute Gasteiger partial charge is 0.348 e. The molecular formula is C19H19ClN2O4S. The van der Waals surface area contributed by atoms with Crippen LogP contribution < -0.4 is 5.32 Å². The van der Waals surface area contributed by atoms with Crippen molar-refractivity contribution in [3.8, 4) is 0 Å². The van der Waals surface area contributed by atoms with Crippen LogP contribution in [0.15, 0.2) is 42.5 Å². The number of para-hydroxylation sites is 1. The number of nitrogens with one attached hydrogen (secondary N) is 1. The lowest BCUT2D eigenvalue weighted by atomic mass is 9.95. The van der Waals surface area contributed by atoms with Crippen molar-refractivity contribution in [1.29, 1.82) is 0 Å². The van der Waals surface area contributed by atoms with Gasteiger partial charge in [0, 0.05) is 24.7 Å². The molecular weight excluding hydrogens is 388 g/mol. The summed E-state index contributed by atoms with van der Waals surface area (Å²) in [6, 6.07) is 12.5. The second kappa shape index (κ2) is 9.01. The minimum absolute atomic E-state index is 0.0331. The summed E-state index contributed by atoms with van der Waals surface area (Å²) in [5, 5.41) is 2.89. The highest BCUT2D eigenvalue weighted by atomic mass is 35.5. The van der Waals surface area contributed by atoms with E-state index in [9.17, 15) is 14.4 Å². The summed E-state index contributed by atoms with van der Waals surface area (Å²) >= 11 is 6.89. The third-order valence-corrected chi connectivity index (χ3v) is 5.57. The first-order chi connectivity index (χ1) is 13.0. The molecule has 8 heteroatoms. The highest BCUT2D eigenvalue weighted by molar-refractivity contribution is 7.17. The first kappa shape index (κ1) is 19.4. The fourth-order valence-corrected chi connectivity index (χ4v) is 3.81. The van der Waals surface area contributed by atoms with Crippen molar-refractivity contribution in [3.05, 3.63) is 51.7 Å². The van der Waals surface area contributed by atoms with Crippen LogP contribution in [0.3, 0.4) is 0 Å². The maximum absolute atomic E-state index is 12.3. The second-order valence-electron chi connectivity index (χ2n) is 6.19. The number of nitrogens with zero attached hydrogens (tertiary/aromatic N) is 1. The molecule has 2 heterocycles. The summed E-state index contributed by atoms with van der Waals surface area (Å²) in [6.45, 7) is 0.622. The fraction of sp³-hybridized carbons (Fsp3) is 0.316. The number of thiophene rings is 1. The first-order valence-corrected chi connectivity index (χ1v) is 9.78. The second-order valence-corrected chi connectivity index (χ2v) is 7.91. The SMILES string of the molecule is O=C(OCC(=O)N1CCC(C(=O)Nc2ccccc2)CC1)c1ccc(Cl)s1. The molecule has 6 nitrogen and oxygen atoms in total. The number of carbonyl (C=O) groups is 3. The summed E-state index contributed by atoms with van der Waals surface area (Å²) in [7, 11) is 0. The number of ether oxygens (including phenoxy) is 1. The number of likely N-dealkylation sites (tertiary alicyclic amines) is 1. The molecule has 142 valence electrons. The van der Waals surface area contributed by atoms with Gasteiger partial charge in [0.2, 0.25) is 5.91 Å². The molecule has 0 unspecified atom stereocenters. The highest BCUT2D eigenvalue weighted by Crippen LogP contribution is 2.22. The Morgan fingerprint density at radius 3 is 2.44 bits per heavy atom. The van der Waals surface area contributed by atoms with Gasteiger partial charge in [-0.15, -0.1) is 11.3 Å². The van der Waals surface area contributed by atoms with Crippen molar-refractivity contribution < 1.29 is 19.1 Å². The Bertz CT molecular complexity index is 816. The number of hydrogen-bond acceptors (Lipinski definition) is 5. The van der Waals surface area contributed by atoms with E-state index in [0.717, 1.165) is 17.0 Å². The van der Waals surface area contributed by atoms with Crippen LogP contribution in [0, 0.1) is 5.92 Å². The topological polar surface area (TPSA) is 75.7 Å². The number of halogens is 1. The van der Waals surface area contributed by atoms with E-state index in [1.54, 1.807) is 17.0 Å². The molecule has 0 radical (unpaired) electrons. The molecule has 1 saturated heterocycles. The van der Waals surface area contributed by atoms with Gasteiger partial charge in [-0.3, -0.25) is 9.59 Å². The Balaban J connectivity index is 1.42. The molecule has 1 aliphatic heterocycles. The van der Waals surface area contributed by atoms with Gasteiger partial charge in [-0.2, -0.15) is 0 Å². The Morgan fingerprint density at radius 2 is 1.81 bits per heavy atom. The summed E-state index contributed by atoms with van der Waals surface area (Å²) in [6.07, 6.45) is 1.16. The lowest BCUT2D eigenvalue weighted by Crippen LogP contribution is -2.43. The summed E-state index contributed by atoms with van der Waals surface area (Å²) in [4.78, 5) is 38.4. The molecule has 2 amide bonds. The summed E-state index contributed by atoms with van der Waals surface area (Å²) in [5.74, 6) is -0.982. The average Bonchev–Trinajstić information content (AvgIpc) is 3.13. The van der Waals surface area contributed by atoms with Gasteiger partial charge in [0.15, 0.2) is 6.61 Å². The maximum Gasteiger partial charge on any atom is 0.348 e. The molecule has 1 aromatic heterocycles. The number of piperidine rings is 1. The summed E-state index contributed by atoms with van der Waals surface area (Å²) in [5.41, 5.74) is 0.765. The number of benzene rings is 1. The first-order valence-electron chi connectivity index (χ1n) is 8.59. The van der Waals surface area contributed by atoms with Crippen LogP contribution >= 0.6 is 22.9 Å². The average molecular weight is 407 g/mol. The Hall–Kier alpha value is -2.38. The number of esters is 1. The van der Waals surface area contributed by atoms with E-state index in [4.69, 9.17) is 16.3 Å². The minimum atomic E-state index is -0.558. The van der Waals surface area contributed by atoms with Crippen LogP contribution in [0.5, 0.6) is 0 Å². The van der Waals surface area contributed by atoms with Crippen LogP contribution in [0.4, 0.5) is 5.69 Å². The van der Waals surface area contributed by atoms with Gasteiger partial charge in [0.25, 0.3) is 5.91 Å². The molecule has 1 aromatic carbocycles.